The Morgan fingerprint density at radius 3 is 2.74 bits per heavy atom. The van der Waals surface area contributed by atoms with Gasteiger partial charge in [-0.1, -0.05) is 12.1 Å². The maximum absolute atomic E-state index is 12.2. The van der Waals surface area contributed by atoms with E-state index in [1.807, 2.05) is 36.4 Å². The Labute approximate surface area is 165 Å². The molecule has 0 atom stereocenters. The summed E-state index contributed by atoms with van der Waals surface area (Å²) < 4.78 is 17.2. The number of anilines is 1. The maximum atomic E-state index is 12.2. The van der Waals surface area contributed by atoms with Crippen LogP contribution in [0.5, 0.6) is 11.5 Å². The van der Waals surface area contributed by atoms with Crippen LogP contribution in [0, 0.1) is 0 Å². The molecular weight excluding hydrogens is 412 g/mol. The third-order valence-electron chi connectivity index (χ3n) is 3.94. The molecule has 7 heteroatoms. The number of nitrogens with zero attached hydrogens (tertiary/aromatic N) is 1. The lowest BCUT2D eigenvalue weighted by atomic mass is 10.1. The number of amides is 1. The summed E-state index contributed by atoms with van der Waals surface area (Å²) in [5, 5.41) is 2.86. The summed E-state index contributed by atoms with van der Waals surface area (Å²) in [6.07, 6.45) is 2.29. The van der Waals surface area contributed by atoms with Gasteiger partial charge in [0.15, 0.2) is 11.7 Å². The summed E-state index contributed by atoms with van der Waals surface area (Å²) in [7, 11) is 3.18. The molecular formula is C20H19BrN2O4. The van der Waals surface area contributed by atoms with Gasteiger partial charge in [0, 0.05) is 23.4 Å². The van der Waals surface area contributed by atoms with Gasteiger partial charge < -0.3 is 19.2 Å². The summed E-state index contributed by atoms with van der Waals surface area (Å²) in [6, 6.07) is 12.9. The highest BCUT2D eigenvalue weighted by atomic mass is 79.9. The number of ether oxygens (including phenoxy) is 2. The normalized spacial score (nSPS) is 10.5. The molecule has 1 aromatic heterocycles. The van der Waals surface area contributed by atoms with Crippen LogP contribution >= 0.6 is 15.9 Å². The fraction of sp³-hybridized carbons (Fsp3) is 0.200. The van der Waals surface area contributed by atoms with E-state index in [9.17, 15) is 4.79 Å². The third-order valence-corrected chi connectivity index (χ3v) is 4.63. The lowest BCUT2D eigenvalue weighted by molar-refractivity contribution is -0.116. The molecule has 0 fully saturated rings. The molecule has 0 spiro atoms. The summed E-state index contributed by atoms with van der Waals surface area (Å²) >= 11 is 3.41. The molecule has 1 N–H and O–H groups in total. The van der Waals surface area contributed by atoms with Crippen LogP contribution in [0.2, 0.25) is 0 Å². The summed E-state index contributed by atoms with van der Waals surface area (Å²) in [4.78, 5) is 16.4. The van der Waals surface area contributed by atoms with Crippen LogP contribution in [0.3, 0.4) is 0 Å². The predicted molar refractivity (Wildman–Crippen MR) is 106 cm³/mol. The zero-order valence-corrected chi connectivity index (χ0v) is 16.6. The summed E-state index contributed by atoms with van der Waals surface area (Å²) in [5.41, 5.74) is 1.51. The molecule has 0 aliphatic rings. The number of nitrogens with one attached hydrogen (secondary N) is 1. The van der Waals surface area contributed by atoms with E-state index >= 15 is 0 Å². The van der Waals surface area contributed by atoms with Crippen LogP contribution < -0.4 is 14.8 Å². The van der Waals surface area contributed by atoms with Crippen molar-refractivity contribution in [2.75, 3.05) is 19.5 Å². The van der Waals surface area contributed by atoms with Gasteiger partial charge in [-0.2, -0.15) is 0 Å². The minimum Gasteiger partial charge on any atom is -0.497 e. The van der Waals surface area contributed by atoms with Gasteiger partial charge in [-0.3, -0.25) is 4.79 Å². The third kappa shape index (κ3) is 4.68. The molecule has 1 amide bonds. The molecule has 0 saturated heterocycles. The van der Waals surface area contributed by atoms with Crippen molar-refractivity contribution in [2.24, 2.45) is 0 Å². The molecule has 3 rings (SSSR count). The first-order chi connectivity index (χ1) is 13.1. The minimum absolute atomic E-state index is 0.108. The number of hydrogen-bond donors (Lipinski definition) is 1. The molecule has 27 heavy (non-hydrogen) atoms. The number of rotatable bonds is 7. The average Bonchev–Trinajstić information content (AvgIpc) is 3.16. The van der Waals surface area contributed by atoms with E-state index in [4.69, 9.17) is 13.9 Å². The average molecular weight is 431 g/mol. The Kier molecular flexibility index (Phi) is 6.13. The smallest absolute Gasteiger partial charge is 0.224 e. The first-order valence-electron chi connectivity index (χ1n) is 8.32. The van der Waals surface area contributed by atoms with E-state index in [2.05, 4.69) is 26.2 Å². The number of benzene rings is 2. The number of methoxy groups -OCH3 is 2. The minimum atomic E-state index is -0.108. The molecule has 0 aliphatic carbocycles. The van der Waals surface area contributed by atoms with Gasteiger partial charge in [-0.05, 0) is 40.2 Å². The first kappa shape index (κ1) is 19.0. The van der Waals surface area contributed by atoms with Crippen molar-refractivity contribution >= 4 is 27.5 Å². The monoisotopic (exact) mass is 430 g/mol. The number of halogens is 1. The highest BCUT2D eigenvalue weighted by Gasteiger charge is 2.14. The highest BCUT2D eigenvalue weighted by Crippen LogP contribution is 2.33. The second-order valence-electron chi connectivity index (χ2n) is 5.71. The standard InChI is InChI=1S/C20H19BrN2O4/c1-25-13-7-8-14(17(11-13)26-2)18-12-22-20(27-18)10-9-19(24)23-16-6-4-3-5-15(16)21/h3-8,11-12H,9-10H2,1-2H3,(H,23,24). The van der Waals surface area contributed by atoms with E-state index in [0.29, 0.717) is 29.6 Å². The Bertz CT molecular complexity index is 939. The lowest BCUT2D eigenvalue weighted by Gasteiger charge is -2.08. The van der Waals surface area contributed by atoms with Gasteiger partial charge in [0.1, 0.15) is 11.5 Å². The lowest BCUT2D eigenvalue weighted by Crippen LogP contribution is -2.12. The molecule has 140 valence electrons. The highest BCUT2D eigenvalue weighted by molar-refractivity contribution is 9.10. The van der Waals surface area contributed by atoms with Gasteiger partial charge in [-0.15, -0.1) is 0 Å². The topological polar surface area (TPSA) is 73.6 Å². The van der Waals surface area contributed by atoms with Crippen molar-refractivity contribution in [3.05, 3.63) is 59.0 Å². The van der Waals surface area contributed by atoms with Gasteiger partial charge >= 0.3 is 0 Å². The zero-order chi connectivity index (χ0) is 19.2. The second kappa shape index (κ2) is 8.73. The Hall–Kier alpha value is -2.80. The van der Waals surface area contributed by atoms with E-state index in [0.717, 1.165) is 15.7 Å². The van der Waals surface area contributed by atoms with Crippen LogP contribution in [-0.2, 0) is 11.2 Å². The van der Waals surface area contributed by atoms with E-state index in [-0.39, 0.29) is 12.3 Å². The maximum Gasteiger partial charge on any atom is 0.224 e. The Balaban J connectivity index is 1.65. The van der Waals surface area contributed by atoms with Gasteiger partial charge in [0.2, 0.25) is 5.91 Å². The number of carbonyl (C=O) groups excluding carboxylic acids is 1. The van der Waals surface area contributed by atoms with Crippen molar-refractivity contribution in [1.82, 2.24) is 4.98 Å². The fourth-order valence-corrected chi connectivity index (χ4v) is 2.93. The molecule has 0 bridgehead atoms. The van der Waals surface area contributed by atoms with Crippen molar-refractivity contribution < 1.29 is 18.7 Å². The van der Waals surface area contributed by atoms with Crippen LogP contribution in [0.15, 0.2) is 57.6 Å². The van der Waals surface area contributed by atoms with E-state index < -0.39 is 0 Å². The summed E-state index contributed by atoms with van der Waals surface area (Å²) in [6.45, 7) is 0. The Morgan fingerprint density at radius 1 is 1.19 bits per heavy atom. The molecule has 6 nitrogen and oxygen atoms in total. The SMILES string of the molecule is COc1ccc(-c2cnc(CCC(=O)Nc3ccccc3Br)o2)c(OC)c1. The molecule has 0 saturated carbocycles. The number of oxazole rings is 1. The van der Waals surface area contributed by atoms with Crippen LogP contribution in [0.1, 0.15) is 12.3 Å². The quantitative estimate of drug-likeness (QED) is 0.588. The van der Waals surface area contributed by atoms with E-state index in [1.54, 1.807) is 26.5 Å². The fourth-order valence-electron chi connectivity index (χ4n) is 2.55. The van der Waals surface area contributed by atoms with Crippen molar-refractivity contribution in [2.45, 2.75) is 12.8 Å². The molecule has 0 aliphatic heterocycles. The van der Waals surface area contributed by atoms with Crippen molar-refractivity contribution in [1.29, 1.82) is 0 Å². The molecule has 3 aromatic rings. The van der Waals surface area contributed by atoms with Gasteiger partial charge in [0.05, 0.1) is 31.7 Å². The van der Waals surface area contributed by atoms with Gasteiger partial charge in [-0.25, -0.2) is 4.98 Å². The van der Waals surface area contributed by atoms with Crippen LogP contribution in [-0.4, -0.2) is 25.1 Å². The number of aryl methyl sites for hydroxylation is 1. The van der Waals surface area contributed by atoms with Crippen molar-refractivity contribution in [3.8, 4) is 22.8 Å². The molecule has 0 radical (unpaired) electrons. The number of hydrogen-bond acceptors (Lipinski definition) is 5. The zero-order valence-electron chi connectivity index (χ0n) is 15.0. The van der Waals surface area contributed by atoms with E-state index in [1.165, 1.54) is 0 Å². The predicted octanol–water partition coefficient (Wildman–Crippen LogP) is 4.69. The number of carbonyl (C=O) groups is 1. The largest absolute Gasteiger partial charge is 0.497 e. The van der Waals surface area contributed by atoms with Gasteiger partial charge in [0.25, 0.3) is 0 Å². The molecule has 2 aromatic carbocycles. The number of para-hydroxylation sites is 1. The van der Waals surface area contributed by atoms with Crippen LogP contribution in [0.25, 0.3) is 11.3 Å². The second-order valence-corrected chi connectivity index (χ2v) is 6.57. The Morgan fingerprint density at radius 2 is 2.00 bits per heavy atom. The number of aromatic nitrogens is 1. The van der Waals surface area contributed by atoms with Crippen LogP contribution in [0.4, 0.5) is 5.69 Å². The molecule has 1 heterocycles. The summed E-state index contributed by atoms with van der Waals surface area (Å²) in [5.74, 6) is 2.28. The molecule has 0 unspecified atom stereocenters. The first-order valence-corrected chi connectivity index (χ1v) is 9.11. The van der Waals surface area contributed by atoms with Crippen molar-refractivity contribution in [3.63, 3.8) is 0 Å².